The normalized spacial score (nSPS) is 16.6. The lowest BCUT2D eigenvalue weighted by atomic mass is 10.0. The van der Waals surface area contributed by atoms with E-state index >= 15 is 0 Å². The number of nitro groups is 1. The first-order valence-electron chi connectivity index (χ1n) is 6.22. The van der Waals surface area contributed by atoms with E-state index in [0.717, 1.165) is 24.3 Å². The number of nitrogens with zero attached hydrogens (tertiary/aromatic N) is 1. The summed E-state index contributed by atoms with van der Waals surface area (Å²) in [6, 6.07) is 5.78. The minimum absolute atomic E-state index is 0.153. The van der Waals surface area contributed by atoms with E-state index in [1.807, 2.05) is 13.1 Å². The minimum atomic E-state index is -0.343. The lowest BCUT2D eigenvalue weighted by Crippen LogP contribution is -2.27. The van der Waals surface area contributed by atoms with Crippen LogP contribution in [0.4, 0.5) is 5.69 Å². The highest BCUT2D eigenvalue weighted by Gasteiger charge is 2.29. The highest BCUT2D eigenvalue weighted by atomic mass is 79.9. The average Bonchev–Trinajstić information content (AvgIpc) is 3.16. The molecule has 1 aromatic rings. The van der Waals surface area contributed by atoms with Crippen LogP contribution in [0.15, 0.2) is 22.7 Å². The van der Waals surface area contributed by atoms with Crippen LogP contribution < -0.4 is 5.32 Å². The first-order chi connectivity index (χ1) is 8.63. The van der Waals surface area contributed by atoms with Crippen molar-refractivity contribution in [2.45, 2.75) is 31.7 Å². The number of benzene rings is 1. The Kier molecular flexibility index (Phi) is 4.35. The number of halogens is 1. The molecule has 1 saturated carbocycles. The molecule has 1 N–H and O–H groups in total. The van der Waals surface area contributed by atoms with Gasteiger partial charge in [0.25, 0.3) is 5.69 Å². The van der Waals surface area contributed by atoms with Crippen molar-refractivity contribution in [3.63, 3.8) is 0 Å². The largest absolute Gasteiger partial charge is 0.317 e. The number of nitro benzene ring substituents is 1. The highest BCUT2D eigenvalue weighted by Crippen LogP contribution is 2.35. The minimum Gasteiger partial charge on any atom is -0.317 e. The fraction of sp³-hybridized carbons (Fsp3) is 0.538. The Morgan fingerprint density at radius 1 is 1.56 bits per heavy atom. The summed E-state index contributed by atoms with van der Waals surface area (Å²) in [6.45, 7) is 0. The van der Waals surface area contributed by atoms with Gasteiger partial charge < -0.3 is 5.32 Å². The summed E-state index contributed by atoms with van der Waals surface area (Å²) in [4.78, 5) is 10.5. The fourth-order valence-corrected chi connectivity index (χ4v) is 2.93. The Morgan fingerprint density at radius 3 is 2.83 bits per heavy atom. The summed E-state index contributed by atoms with van der Waals surface area (Å²) < 4.78 is 0.626. The predicted molar refractivity (Wildman–Crippen MR) is 74.7 cm³/mol. The van der Waals surface area contributed by atoms with Gasteiger partial charge in [-0.15, -0.1) is 0 Å². The molecule has 0 radical (unpaired) electrons. The van der Waals surface area contributed by atoms with Crippen molar-refractivity contribution < 1.29 is 4.92 Å². The molecule has 1 unspecified atom stereocenters. The van der Waals surface area contributed by atoms with Crippen molar-refractivity contribution in [1.82, 2.24) is 5.32 Å². The van der Waals surface area contributed by atoms with E-state index in [4.69, 9.17) is 0 Å². The molecular formula is C13H17BrN2O2. The monoisotopic (exact) mass is 312 g/mol. The van der Waals surface area contributed by atoms with Gasteiger partial charge in [-0.25, -0.2) is 0 Å². The smallest absolute Gasteiger partial charge is 0.283 e. The van der Waals surface area contributed by atoms with Gasteiger partial charge in [-0.05, 0) is 60.1 Å². The van der Waals surface area contributed by atoms with Crippen LogP contribution in [0.2, 0.25) is 0 Å². The number of hydrogen-bond acceptors (Lipinski definition) is 3. The maximum atomic E-state index is 10.8. The molecular weight excluding hydrogens is 296 g/mol. The second-order valence-electron chi connectivity index (χ2n) is 4.78. The van der Waals surface area contributed by atoms with Gasteiger partial charge in [-0.2, -0.15) is 0 Å². The molecule has 18 heavy (non-hydrogen) atoms. The third kappa shape index (κ3) is 3.09. The zero-order valence-corrected chi connectivity index (χ0v) is 11.9. The Morgan fingerprint density at radius 2 is 2.28 bits per heavy atom. The maximum Gasteiger partial charge on any atom is 0.283 e. The van der Waals surface area contributed by atoms with Gasteiger partial charge in [0.15, 0.2) is 0 Å². The number of nitrogens with one attached hydrogen (secondary N) is 1. The molecule has 5 heteroatoms. The summed E-state index contributed by atoms with van der Waals surface area (Å²) in [5.74, 6) is 0.799. The number of aryl methyl sites for hydroxylation is 1. The molecule has 0 aliphatic heterocycles. The molecule has 0 saturated heterocycles. The second kappa shape index (κ2) is 5.80. The molecule has 1 aliphatic rings. The molecule has 4 nitrogen and oxygen atoms in total. The molecule has 0 heterocycles. The van der Waals surface area contributed by atoms with Crippen LogP contribution in [0, 0.1) is 16.0 Å². The molecule has 1 aromatic carbocycles. The van der Waals surface area contributed by atoms with Crippen LogP contribution in [0.25, 0.3) is 0 Å². The van der Waals surface area contributed by atoms with Crippen molar-refractivity contribution >= 4 is 21.6 Å². The van der Waals surface area contributed by atoms with Crippen molar-refractivity contribution in [2.75, 3.05) is 7.05 Å². The lowest BCUT2D eigenvalue weighted by molar-refractivity contribution is -0.385. The molecule has 0 spiro atoms. The first-order valence-corrected chi connectivity index (χ1v) is 7.02. The van der Waals surface area contributed by atoms with Crippen LogP contribution in [0.5, 0.6) is 0 Å². The molecule has 0 aromatic heterocycles. The zero-order chi connectivity index (χ0) is 13.1. The third-order valence-corrected chi connectivity index (χ3v) is 4.46. The molecule has 1 aliphatic carbocycles. The van der Waals surface area contributed by atoms with Gasteiger partial charge in [-0.3, -0.25) is 10.1 Å². The topological polar surface area (TPSA) is 55.2 Å². The quantitative estimate of drug-likeness (QED) is 0.648. The Balaban J connectivity index is 2.04. The SMILES string of the molecule is CNC(CCc1cccc([N+](=O)[O-])c1Br)C1CC1. The van der Waals surface area contributed by atoms with E-state index in [1.165, 1.54) is 18.9 Å². The summed E-state index contributed by atoms with van der Waals surface area (Å²) >= 11 is 3.34. The van der Waals surface area contributed by atoms with Crippen molar-refractivity contribution in [3.05, 3.63) is 38.3 Å². The van der Waals surface area contributed by atoms with Gasteiger partial charge in [0, 0.05) is 12.1 Å². The van der Waals surface area contributed by atoms with Crippen LogP contribution in [0.3, 0.4) is 0 Å². The van der Waals surface area contributed by atoms with E-state index in [2.05, 4.69) is 21.2 Å². The third-order valence-electron chi connectivity index (χ3n) is 3.54. The molecule has 1 fully saturated rings. The average molecular weight is 313 g/mol. The van der Waals surface area contributed by atoms with Crippen LogP contribution >= 0.6 is 15.9 Å². The molecule has 0 amide bonds. The van der Waals surface area contributed by atoms with Crippen molar-refractivity contribution in [3.8, 4) is 0 Å². The van der Waals surface area contributed by atoms with E-state index < -0.39 is 0 Å². The Bertz CT molecular complexity index is 447. The van der Waals surface area contributed by atoms with Gasteiger partial charge in [-0.1, -0.05) is 12.1 Å². The summed E-state index contributed by atoms with van der Waals surface area (Å²) in [6.07, 6.45) is 4.51. The van der Waals surface area contributed by atoms with Crippen LogP contribution in [-0.2, 0) is 6.42 Å². The molecule has 2 rings (SSSR count). The molecule has 1 atom stereocenters. The van der Waals surface area contributed by atoms with Gasteiger partial charge in [0.2, 0.25) is 0 Å². The predicted octanol–water partition coefficient (Wildman–Crippen LogP) is 3.29. The van der Waals surface area contributed by atoms with Crippen molar-refractivity contribution in [1.29, 1.82) is 0 Å². The number of rotatable bonds is 6. The summed E-state index contributed by atoms with van der Waals surface area (Å²) in [5, 5.41) is 14.2. The lowest BCUT2D eigenvalue weighted by Gasteiger charge is -2.15. The van der Waals surface area contributed by atoms with Crippen LogP contribution in [0.1, 0.15) is 24.8 Å². The van der Waals surface area contributed by atoms with E-state index in [-0.39, 0.29) is 10.6 Å². The Hall–Kier alpha value is -0.940. The highest BCUT2D eigenvalue weighted by molar-refractivity contribution is 9.10. The zero-order valence-electron chi connectivity index (χ0n) is 10.4. The number of hydrogen-bond donors (Lipinski definition) is 1. The summed E-state index contributed by atoms with van der Waals surface area (Å²) in [5.41, 5.74) is 1.17. The van der Waals surface area contributed by atoms with Crippen LogP contribution in [-0.4, -0.2) is 18.0 Å². The summed E-state index contributed by atoms with van der Waals surface area (Å²) in [7, 11) is 1.99. The van der Waals surface area contributed by atoms with Gasteiger partial charge in [0.05, 0.1) is 9.40 Å². The van der Waals surface area contributed by atoms with Crippen molar-refractivity contribution in [2.24, 2.45) is 5.92 Å². The van der Waals surface area contributed by atoms with Gasteiger partial charge >= 0.3 is 0 Å². The Labute approximate surface area is 115 Å². The van der Waals surface area contributed by atoms with E-state index in [9.17, 15) is 10.1 Å². The maximum absolute atomic E-state index is 10.8. The first kappa shape index (κ1) is 13.5. The van der Waals surface area contributed by atoms with E-state index in [1.54, 1.807) is 6.07 Å². The fourth-order valence-electron chi connectivity index (χ4n) is 2.33. The van der Waals surface area contributed by atoms with Gasteiger partial charge in [0.1, 0.15) is 0 Å². The second-order valence-corrected chi connectivity index (χ2v) is 5.57. The molecule has 0 bridgehead atoms. The standard InChI is InChI=1S/C13H17BrN2O2/c1-15-11(9-5-6-9)8-7-10-3-2-4-12(13(10)14)16(17)18/h2-4,9,11,15H,5-8H2,1H3. The van der Waals surface area contributed by atoms with E-state index in [0.29, 0.717) is 10.5 Å². The molecule has 98 valence electrons.